The number of imide groups is 1. The number of nitriles is 1. The Hall–Kier alpha value is -2.29. The van der Waals surface area contributed by atoms with Crippen LogP contribution in [-0.2, 0) is 0 Å². The van der Waals surface area contributed by atoms with Crippen LogP contribution in [0, 0.1) is 28.9 Å². The molecule has 1 aromatic rings. The molecule has 0 aromatic heterocycles. The molecule has 102 valence electrons. The summed E-state index contributed by atoms with van der Waals surface area (Å²) in [4.78, 5) is 25.4. The minimum atomic E-state index is -1.16. The summed E-state index contributed by atoms with van der Waals surface area (Å²) in [5.41, 5.74) is -0.255. The van der Waals surface area contributed by atoms with Crippen LogP contribution in [0.4, 0.5) is 8.78 Å². The van der Waals surface area contributed by atoms with Crippen LogP contribution in [-0.4, -0.2) is 22.8 Å². The lowest BCUT2D eigenvalue weighted by Gasteiger charge is -2.24. The van der Waals surface area contributed by atoms with Crippen LogP contribution in [0.3, 0.4) is 0 Å². The highest BCUT2D eigenvalue weighted by atomic mass is 19.2. The van der Waals surface area contributed by atoms with Gasteiger partial charge in [-0.15, -0.1) is 0 Å². The van der Waals surface area contributed by atoms with Crippen molar-refractivity contribution in [1.29, 1.82) is 5.26 Å². The van der Waals surface area contributed by atoms with E-state index in [1.165, 1.54) is 0 Å². The van der Waals surface area contributed by atoms with Gasteiger partial charge in [0, 0.05) is 0 Å². The summed E-state index contributed by atoms with van der Waals surface area (Å²) in [5, 5.41) is 9.06. The van der Waals surface area contributed by atoms with Crippen LogP contribution in [0.25, 0.3) is 0 Å². The Labute approximate surface area is 113 Å². The zero-order valence-electron chi connectivity index (χ0n) is 10.4. The predicted octanol–water partition coefficient (Wildman–Crippen LogP) is 2.25. The van der Waals surface area contributed by atoms with E-state index in [0.717, 1.165) is 23.5 Å². The summed E-state index contributed by atoms with van der Waals surface area (Å²) in [6.07, 6.45) is 1.92. The van der Waals surface area contributed by atoms with Crippen molar-refractivity contribution in [2.24, 2.45) is 5.92 Å². The Morgan fingerprint density at radius 1 is 1.10 bits per heavy atom. The first-order chi connectivity index (χ1) is 9.54. The minimum Gasteiger partial charge on any atom is -0.270 e. The number of fused-ring (bicyclic) bond motifs is 1. The number of hydrogen-bond donors (Lipinski definition) is 0. The molecular formula is C14H10F2N2O2. The van der Waals surface area contributed by atoms with Crippen molar-refractivity contribution in [1.82, 2.24) is 4.90 Å². The van der Waals surface area contributed by atoms with E-state index in [-0.39, 0.29) is 11.1 Å². The molecule has 20 heavy (non-hydrogen) atoms. The molecule has 1 aliphatic carbocycles. The van der Waals surface area contributed by atoms with Gasteiger partial charge >= 0.3 is 0 Å². The zero-order valence-corrected chi connectivity index (χ0v) is 10.4. The van der Waals surface area contributed by atoms with E-state index in [0.29, 0.717) is 12.8 Å². The molecule has 0 spiro atoms. The first-order valence-electron chi connectivity index (χ1n) is 6.31. The lowest BCUT2D eigenvalue weighted by atomic mass is 10.0. The van der Waals surface area contributed by atoms with Gasteiger partial charge in [-0.3, -0.25) is 14.5 Å². The molecule has 1 aromatic carbocycles. The summed E-state index contributed by atoms with van der Waals surface area (Å²) in [5.74, 6) is -4.01. The van der Waals surface area contributed by atoms with Crippen LogP contribution in [0.15, 0.2) is 12.1 Å². The second-order valence-electron chi connectivity index (χ2n) is 5.03. The second kappa shape index (κ2) is 4.37. The molecule has 2 atom stereocenters. The van der Waals surface area contributed by atoms with Crippen molar-refractivity contribution < 1.29 is 18.4 Å². The van der Waals surface area contributed by atoms with Gasteiger partial charge in [0.15, 0.2) is 11.6 Å². The maximum Gasteiger partial charge on any atom is 0.261 e. The molecular weight excluding hydrogens is 266 g/mol. The third-order valence-corrected chi connectivity index (χ3v) is 3.94. The average Bonchev–Trinajstić information content (AvgIpc) is 2.96. The third-order valence-electron chi connectivity index (χ3n) is 3.94. The quantitative estimate of drug-likeness (QED) is 0.739. The van der Waals surface area contributed by atoms with Crippen molar-refractivity contribution >= 4 is 11.8 Å². The number of halogens is 2. The molecule has 1 aliphatic heterocycles. The molecule has 2 aliphatic rings. The number of carbonyl (C=O) groups excluding carboxylic acids is 2. The van der Waals surface area contributed by atoms with Crippen molar-refractivity contribution in [2.45, 2.75) is 25.3 Å². The van der Waals surface area contributed by atoms with Gasteiger partial charge in [0.1, 0.15) is 0 Å². The van der Waals surface area contributed by atoms with Crippen molar-refractivity contribution in [3.05, 3.63) is 34.9 Å². The lowest BCUT2D eigenvalue weighted by molar-refractivity contribution is 0.0567. The first-order valence-corrected chi connectivity index (χ1v) is 6.31. The maximum absolute atomic E-state index is 13.2. The van der Waals surface area contributed by atoms with Gasteiger partial charge in [-0.1, -0.05) is 0 Å². The van der Waals surface area contributed by atoms with Crippen LogP contribution in [0.2, 0.25) is 0 Å². The Kier molecular flexibility index (Phi) is 2.78. The fraction of sp³-hybridized carbons (Fsp3) is 0.357. The molecule has 4 nitrogen and oxygen atoms in total. The molecule has 6 heteroatoms. The number of hydrogen-bond acceptors (Lipinski definition) is 3. The van der Waals surface area contributed by atoms with Crippen LogP contribution in [0.1, 0.15) is 40.0 Å². The lowest BCUT2D eigenvalue weighted by Crippen LogP contribution is -2.41. The van der Waals surface area contributed by atoms with E-state index in [9.17, 15) is 18.4 Å². The van der Waals surface area contributed by atoms with Gasteiger partial charge in [-0.05, 0) is 31.4 Å². The number of carbonyl (C=O) groups is 2. The van der Waals surface area contributed by atoms with E-state index in [1.54, 1.807) is 0 Å². The summed E-state index contributed by atoms with van der Waals surface area (Å²) < 4.78 is 26.4. The Morgan fingerprint density at radius 2 is 1.65 bits per heavy atom. The highest BCUT2D eigenvalue weighted by Crippen LogP contribution is 2.35. The van der Waals surface area contributed by atoms with Gasteiger partial charge in [0.2, 0.25) is 0 Å². The van der Waals surface area contributed by atoms with E-state index in [4.69, 9.17) is 5.26 Å². The Morgan fingerprint density at radius 3 is 2.15 bits per heavy atom. The summed E-state index contributed by atoms with van der Waals surface area (Å²) >= 11 is 0. The number of nitrogens with zero attached hydrogens (tertiary/aromatic N) is 2. The smallest absolute Gasteiger partial charge is 0.261 e. The van der Waals surface area contributed by atoms with Gasteiger partial charge in [-0.2, -0.15) is 5.26 Å². The topological polar surface area (TPSA) is 61.2 Å². The molecule has 3 rings (SSSR count). The predicted molar refractivity (Wildman–Crippen MR) is 63.6 cm³/mol. The average molecular weight is 276 g/mol. The number of benzene rings is 1. The molecule has 1 fully saturated rings. The number of amides is 2. The van der Waals surface area contributed by atoms with Gasteiger partial charge in [-0.25, -0.2) is 8.78 Å². The normalized spacial score (nSPS) is 24.9. The summed E-state index contributed by atoms with van der Waals surface area (Å²) in [6.45, 7) is 0. The largest absolute Gasteiger partial charge is 0.270 e. The first kappa shape index (κ1) is 12.7. The van der Waals surface area contributed by atoms with Crippen molar-refractivity contribution in [2.75, 3.05) is 0 Å². The highest BCUT2D eigenvalue weighted by molar-refractivity contribution is 6.21. The second-order valence-corrected chi connectivity index (χ2v) is 5.03. The van der Waals surface area contributed by atoms with Gasteiger partial charge in [0.05, 0.1) is 29.2 Å². The molecule has 0 saturated heterocycles. The maximum atomic E-state index is 13.2. The molecule has 0 N–H and O–H groups in total. The van der Waals surface area contributed by atoms with Crippen LogP contribution < -0.4 is 0 Å². The van der Waals surface area contributed by atoms with Gasteiger partial charge < -0.3 is 0 Å². The SMILES string of the molecule is N#CC1CCCC1N1C(=O)c2cc(F)c(F)cc2C1=O. The van der Waals surface area contributed by atoms with E-state index in [1.807, 2.05) is 0 Å². The fourth-order valence-electron chi connectivity index (χ4n) is 2.95. The molecule has 0 radical (unpaired) electrons. The van der Waals surface area contributed by atoms with Crippen molar-refractivity contribution in [3.63, 3.8) is 0 Å². The fourth-order valence-corrected chi connectivity index (χ4v) is 2.95. The van der Waals surface area contributed by atoms with E-state index >= 15 is 0 Å². The van der Waals surface area contributed by atoms with E-state index < -0.39 is 35.4 Å². The van der Waals surface area contributed by atoms with E-state index in [2.05, 4.69) is 6.07 Å². The minimum absolute atomic E-state index is 0.127. The van der Waals surface area contributed by atoms with Crippen LogP contribution >= 0.6 is 0 Å². The van der Waals surface area contributed by atoms with Gasteiger partial charge in [0.25, 0.3) is 11.8 Å². The molecule has 1 heterocycles. The third kappa shape index (κ3) is 1.63. The zero-order chi connectivity index (χ0) is 14.4. The monoisotopic (exact) mass is 276 g/mol. The number of rotatable bonds is 1. The van der Waals surface area contributed by atoms with Crippen molar-refractivity contribution in [3.8, 4) is 6.07 Å². The molecule has 1 saturated carbocycles. The molecule has 0 bridgehead atoms. The molecule has 2 amide bonds. The standard InChI is InChI=1S/C14H10F2N2O2/c15-10-4-8-9(5-11(10)16)14(20)18(13(8)19)12-3-1-2-7(12)6-17/h4-5,7,12H,1-3H2. The molecule has 2 unspecified atom stereocenters. The van der Waals surface area contributed by atoms with Crippen LogP contribution in [0.5, 0.6) is 0 Å². The Bertz CT molecular complexity index is 625. The highest BCUT2D eigenvalue weighted by Gasteiger charge is 2.45. The summed E-state index contributed by atoms with van der Waals surface area (Å²) in [6, 6.07) is 3.09. The summed E-state index contributed by atoms with van der Waals surface area (Å²) in [7, 11) is 0. The Balaban J connectivity index is 2.04.